The van der Waals surface area contributed by atoms with Gasteiger partial charge >= 0.3 is 0 Å². The summed E-state index contributed by atoms with van der Waals surface area (Å²) in [7, 11) is 0. The molecule has 0 unspecified atom stereocenters. The van der Waals surface area contributed by atoms with Crippen molar-refractivity contribution in [1.82, 2.24) is 9.97 Å². The molecular weight excluding hydrogens is 214 g/mol. The van der Waals surface area contributed by atoms with E-state index in [1.807, 2.05) is 13.8 Å². The van der Waals surface area contributed by atoms with Crippen molar-refractivity contribution in [1.29, 1.82) is 0 Å². The summed E-state index contributed by atoms with van der Waals surface area (Å²) in [5.41, 5.74) is 0. The Balaban J connectivity index is 2.65. The molecule has 0 fully saturated rings. The minimum Gasteiger partial charge on any atom is -0.309 e. The van der Waals surface area contributed by atoms with Gasteiger partial charge in [-0.3, -0.25) is 9.78 Å². The summed E-state index contributed by atoms with van der Waals surface area (Å²) >= 11 is 5.65. The lowest BCUT2D eigenvalue weighted by Gasteiger charge is -2.11. The van der Waals surface area contributed by atoms with Gasteiger partial charge in [0, 0.05) is 5.92 Å². The van der Waals surface area contributed by atoms with Gasteiger partial charge < -0.3 is 5.32 Å². The van der Waals surface area contributed by atoms with Crippen LogP contribution in [0, 0.1) is 5.92 Å². The Labute approximate surface area is 94.1 Å². The Morgan fingerprint density at radius 3 is 2.67 bits per heavy atom. The lowest BCUT2D eigenvalue weighted by Crippen LogP contribution is -2.22. The van der Waals surface area contributed by atoms with Gasteiger partial charge in [-0.25, -0.2) is 4.98 Å². The second kappa shape index (κ2) is 5.66. The number of amides is 1. The van der Waals surface area contributed by atoms with Crippen molar-refractivity contribution in [2.45, 2.75) is 26.7 Å². The van der Waals surface area contributed by atoms with Gasteiger partial charge in [-0.1, -0.05) is 25.4 Å². The third-order valence-corrected chi connectivity index (χ3v) is 2.39. The predicted octanol–water partition coefficient (Wildman–Crippen LogP) is 2.50. The monoisotopic (exact) mass is 227 g/mol. The van der Waals surface area contributed by atoms with Crippen LogP contribution in [-0.4, -0.2) is 15.9 Å². The molecule has 1 aromatic heterocycles. The van der Waals surface area contributed by atoms with Crippen molar-refractivity contribution in [3.63, 3.8) is 0 Å². The summed E-state index contributed by atoms with van der Waals surface area (Å²) in [6.07, 6.45) is 4.53. The highest BCUT2D eigenvalue weighted by Crippen LogP contribution is 2.12. The number of halogens is 1. The van der Waals surface area contributed by atoms with E-state index >= 15 is 0 Å². The summed E-state index contributed by atoms with van der Waals surface area (Å²) < 4.78 is 0. The summed E-state index contributed by atoms with van der Waals surface area (Å²) in [6.45, 7) is 3.97. The van der Waals surface area contributed by atoms with E-state index in [4.69, 9.17) is 11.6 Å². The molecule has 0 aromatic carbocycles. The minimum atomic E-state index is -0.0310. The zero-order valence-electron chi connectivity index (χ0n) is 8.83. The molecule has 5 heteroatoms. The van der Waals surface area contributed by atoms with Crippen LogP contribution >= 0.6 is 11.6 Å². The van der Waals surface area contributed by atoms with Crippen LogP contribution in [0.25, 0.3) is 0 Å². The quantitative estimate of drug-likeness (QED) is 0.860. The lowest BCUT2D eigenvalue weighted by atomic mass is 10.0. The van der Waals surface area contributed by atoms with Gasteiger partial charge in [-0.05, 0) is 12.8 Å². The first-order valence-electron chi connectivity index (χ1n) is 4.95. The van der Waals surface area contributed by atoms with Gasteiger partial charge in [0.05, 0.1) is 12.4 Å². The van der Waals surface area contributed by atoms with Crippen LogP contribution in [0.15, 0.2) is 12.4 Å². The average molecular weight is 228 g/mol. The summed E-state index contributed by atoms with van der Waals surface area (Å²) in [6, 6.07) is 0. The Morgan fingerprint density at radius 1 is 1.47 bits per heavy atom. The van der Waals surface area contributed by atoms with E-state index in [1.54, 1.807) is 0 Å². The van der Waals surface area contributed by atoms with Crippen molar-refractivity contribution in [3.05, 3.63) is 17.5 Å². The van der Waals surface area contributed by atoms with Gasteiger partial charge in [-0.15, -0.1) is 0 Å². The SMILES string of the molecule is CCC(CC)C(=O)Nc1cncc(Cl)n1. The molecule has 0 aliphatic heterocycles. The number of anilines is 1. The Bertz CT molecular complexity index is 339. The fraction of sp³-hybridized carbons (Fsp3) is 0.500. The second-order valence-electron chi connectivity index (χ2n) is 3.23. The van der Waals surface area contributed by atoms with Gasteiger partial charge in [0.25, 0.3) is 0 Å². The van der Waals surface area contributed by atoms with Crippen LogP contribution in [0.1, 0.15) is 26.7 Å². The fourth-order valence-corrected chi connectivity index (χ4v) is 1.44. The van der Waals surface area contributed by atoms with Crippen LogP contribution in [0.2, 0.25) is 5.15 Å². The highest BCUT2D eigenvalue weighted by molar-refractivity contribution is 6.29. The molecule has 0 aliphatic rings. The molecule has 1 N–H and O–H groups in total. The maximum atomic E-state index is 11.7. The molecule has 0 aliphatic carbocycles. The molecule has 0 bridgehead atoms. The third kappa shape index (κ3) is 3.47. The molecule has 1 rings (SSSR count). The van der Waals surface area contributed by atoms with Crippen molar-refractivity contribution >= 4 is 23.3 Å². The fourth-order valence-electron chi connectivity index (χ4n) is 1.29. The number of carbonyl (C=O) groups excluding carboxylic acids is 1. The lowest BCUT2D eigenvalue weighted by molar-refractivity contribution is -0.120. The number of hydrogen-bond acceptors (Lipinski definition) is 3. The normalized spacial score (nSPS) is 10.4. The first-order chi connectivity index (χ1) is 7.17. The maximum absolute atomic E-state index is 11.7. The van der Waals surface area contributed by atoms with Gasteiger partial charge in [-0.2, -0.15) is 0 Å². The molecular formula is C10H14ClN3O. The zero-order valence-corrected chi connectivity index (χ0v) is 9.58. The predicted molar refractivity (Wildman–Crippen MR) is 59.7 cm³/mol. The smallest absolute Gasteiger partial charge is 0.228 e. The molecule has 0 radical (unpaired) electrons. The van der Waals surface area contributed by atoms with E-state index in [0.717, 1.165) is 12.8 Å². The van der Waals surface area contributed by atoms with E-state index < -0.39 is 0 Å². The number of aromatic nitrogens is 2. The van der Waals surface area contributed by atoms with E-state index in [1.165, 1.54) is 12.4 Å². The molecule has 0 saturated carbocycles. The highest BCUT2D eigenvalue weighted by Gasteiger charge is 2.14. The first-order valence-corrected chi connectivity index (χ1v) is 5.33. The second-order valence-corrected chi connectivity index (χ2v) is 3.62. The highest BCUT2D eigenvalue weighted by atomic mass is 35.5. The van der Waals surface area contributed by atoms with E-state index in [0.29, 0.717) is 5.82 Å². The molecule has 1 heterocycles. The largest absolute Gasteiger partial charge is 0.309 e. The molecule has 1 amide bonds. The molecule has 0 spiro atoms. The topological polar surface area (TPSA) is 54.9 Å². The van der Waals surface area contributed by atoms with Crippen LogP contribution < -0.4 is 5.32 Å². The molecule has 1 aromatic rings. The van der Waals surface area contributed by atoms with Crippen LogP contribution in [0.4, 0.5) is 5.82 Å². The van der Waals surface area contributed by atoms with Crippen molar-refractivity contribution in [2.24, 2.45) is 5.92 Å². The van der Waals surface area contributed by atoms with Gasteiger partial charge in [0.15, 0.2) is 5.82 Å². The van der Waals surface area contributed by atoms with Crippen molar-refractivity contribution in [2.75, 3.05) is 5.32 Å². The van der Waals surface area contributed by atoms with E-state index in [9.17, 15) is 4.79 Å². The molecule has 4 nitrogen and oxygen atoms in total. The zero-order chi connectivity index (χ0) is 11.3. The molecule has 0 atom stereocenters. The summed E-state index contributed by atoms with van der Waals surface area (Å²) in [5, 5.41) is 2.96. The number of nitrogens with zero attached hydrogens (tertiary/aromatic N) is 2. The molecule has 15 heavy (non-hydrogen) atoms. The van der Waals surface area contributed by atoms with Gasteiger partial charge in [0.1, 0.15) is 5.15 Å². The summed E-state index contributed by atoms with van der Waals surface area (Å²) in [4.78, 5) is 19.4. The van der Waals surface area contributed by atoms with Crippen LogP contribution in [-0.2, 0) is 4.79 Å². The summed E-state index contributed by atoms with van der Waals surface area (Å²) in [5.74, 6) is 0.391. The number of carbonyl (C=O) groups is 1. The van der Waals surface area contributed by atoms with Gasteiger partial charge in [0.2, 0.25) is 5.91 Å². The third-order valence-electron chi connectivity index (χ3n) is 2.21. The molecule has 0 saturated heterocycles. The van der Waals surface area contributed by atoms with Crippen molar-refractivity contribution in [3.8, 4) is 0 Å². The Morgan fingerprint density at radius 2 is 2.13 bits per heavy atom. The van der Waals surface area contributed by atoms with Crippen molar-refractivity contribution < 1.29 is 4.79 Å². The minimum absolute atomic E-state index is 0.0192. The van der Waals surface area contributed by atoms with Crippen LogP contribution in [0.3, 0.4) is 0 Å². The average Bonchev–Trinajstić information content (AvgIpc) is 2.19. The maximum Gasteiger partial charge on any atom is 0.228 e. The van der Waals surface area contributed by atoms with Crippen LogP contribution in [0.5, 0.6) is 0 Å². The number of rotatable bonds is 4. The Kier molecular flexibility index (Phi) is 4.49. The van der Waals surface area contributed by atoms with E-state index in [-0.39, 0.29) is 17.0 Å². The number of hydrogen-bond donors (Lipinski definition) is 1. The first kappa shape index (κ1) is 11.9. The van der Waals surface area contributed by atoms with E-state index in [2.05, 4.69) is 15.3 Å². The standard InChI is InChI=1S/C10H14ClN3O/c1-3-7(4-2)10(15)14-9-6-12-5-8(11)13-9/h5-7H,3-4H2,1-2H3,(H,13,14,15). The number of nitrogens with one attached hydrogen (secondary N) is 1. The molecule has 82 valence electrons. The Hall–Kier alpha value is -1.16.